The lowest BCUT2D eigenvalue weighted by Gasteiger charge is -2.25. The third kappa shape index (κ3) is 2.37. The zero-order valence-electron chi connectivity index (χ0n) is 12.7. The Balaban J connectivity index is 1.93. The van der Waals surface area contributed by atoms with Crippen LogP contribution < -0.4 is 4.90 Å². The smallest absolute Gasteiger partial charge is 0.0494 e. The van der Waals surface area contributed by atoms with Gasteiger partial charge in [-0.05, 0) is 67.3 Å². The van der Waals surface area contributed by atoms with Crippen molar-refractivity contribution in [3.63, 3.8) is 0 Å². The SMILES string of the molecule is Cc1cc(N2c3ccc(cc3)CCc3ccc2cc3)ccn1. The molecule has 0 radical (unpaired) electrons. The molecule has 0 fully saturated rings. The van der Waals surface area contributed by atoms with Crippen LogP contribution >= 0.6 is 0 Å². The molecule has 4 bridgehead atoms. The predicted molar refractivity (Wildman–Crippen MR) is 91.1 cm³/mol. The van der Waals surface area contributed by atoms with E-state index in [9.17, 15) is 0 Å². The number of benzene rings is 2. The average Bonchev–Trinajstić information content (AvgIpc) is 2.64. The molecule has 3 aromatic rings. The Morgan fingerprint density at radius 3 is 1.77 bits per heavy atom. The van der Waals surface area contributed by atoms with E-state index in [1.54, 1.807) is 0 Å². The van der Waals surface area contributed by atoms with Gasteiger partial charge in [0.25, 0.3) is 0 Å². The summed E-state index contributed by atoms with van der Waals surface area (Å²) in [7, 11) is 0. The Kier molecular flexibility index (Phi) is 3.15. The summed E-state index contributed by atoms with van der Waals surface area (Å²) in [6.45, 7) is 2.03. The first kappa shape index (κ1) is 13.1. The number of hydrogen-bond donors (Lipinski definition) is 0. The third-order valence-corrected chi connectivity index (χ3v) is 4.23. The zero-order chi connectivity index (χ0) is 14.9. The van der Waals surface area contributed by atoms with Gasteiger partial charge in [0.15, 0.2) is 0 Å². The second-order valence-corrected chi connectivity index (χ2v) is 5.82. The summed E-state index contributed by atoms with van der Waals surface area (Å²) < 4.78 is 0. The lowest BCUT2D eigenvalue weighted by Crippen LogP contribution is -2.10. The monoisotopic (exact) mass is 286 g/mol. The Bertz CT molecular complexity index is 741. The van der Waals surface area contributed by atoms with E-state index in [1.807, 2.05) is 13.1 Å². The van der Waals surface area contributed by atoms with Gasteiger partial charge in [-0.1, -0.05) is 24.3 Å². The van der Waals surface area contributed by atoms with Crippen LogP contribution in [0.25, 0.3) is 0 Å². The molecule has 4 aliphatic rings. The second-order valence-electron chi connectivity index (χ2n) is 5.82. The van der Waals surface area contributed by atoms with Crippen LogP contribution in [0.3, 0.4) is 0 Å². The van der Waals surface area contributed by atoms with E-state index in [4.69, 9.17) is 0 Å². The Morgan fingerprint density at radius 2 is 1.27 bits per heavy atom. The van der Waals surface area contributed by atoms with Crippen molar-refractivity contribution in [3.05, 3.63) is 83.7 Å². The van der Waals surface area contributed by atoms with Gasteiger partial charge in [-0.15, -0.1) is 0 Å². The van der Waals surface area contributed by atoms with Crippen molar-refractivity contribution in [3.8, 4) is 0 Å². The minimum absolute atomic E-state index is 1.03. The lowest BCUT2D eigenvalue weighted by atomic mass is 10.0. The van der Waals surface area contributed by atoms with Gasteiger partial charge in [0, 0.05) is 29.0 Å². The number of aryl methyl sites for hydroxylation is 3. The maximum absolute atomic E-state index is 4.32. The molecule has 0 aliphatic carbocycles. The van der Waals surface area contributed by atoms with Gasteiger partial charge >= 0.3 is 0 Å². The minimum atomic E-state index is 1.03. The minimum Gasteiger partial charge on any atom is -0.310 e. The highest BCUT2D eigenvalue weighted by molar-refractivity contribution is 5.76. The predicted octanol–water partition coefficient (Wildman–Crippen LogP) is 4.96. The van der Waals surface area contributed by atoms with Crippen LogP contribution in [0.4, 0.5) is 17.1 Å². The summed E-state index contributed by atoms with van der Waals surface area (Å²) in [4.78, 5) is 6.61. The fourth-order valence-corrected chi connectivity index (χ4v) is 3.03. The zero-order valence-corrected chi connectivity index (χ0v) is 12.7. The molecule has 0 spiro atoms. The molecule has 2 nitrogen and oxygen atoms in total. The maximum Gasteiger partial charge on any atom is 0.0494 e. The van der Waals surface area contributed by atoms with Crippen LogP contribution in [0.2, 0.25) is 0 Å². The van der Waals surface area contributed by atoms with E-state index in [0.717, 1.165) is 24.2 Å². The van der Waals surface area contributed by atoms with Gasteiger partial charge in [0.2, 0.25) is 0 Å². The molecular weight excluding hydrogens is 268 g/mol. The second kappa shape index (κ2) is 5.30. The van der Waals surface area contributed by atoms with Crippen molar-refractivity contribution in [2.24, 2.45) is 0 Å². The fourth-order valence-electron chi connectivity index (χ4n) is 3.03. The third-order valence-electron chi connectivity index (χ3n) is 4.23. The normalized spacial score (nSPS) is 13.2. The highest BCUT2D eigenvalue weighted by atomic mass is 15.1. The van der Waals surface area contributed by atoms with Gasteiger partial charge in [-0.25, -0.2) is 0 Å². The Hall–Kier alpha value is -2.61. The molecular formula is C20H18N2. The van der Waals surface area contributed by atoms with Crippen LogP contribution in [0.15, 0.2) is 66.9 Å². The quantitative estimate of drug-likeness (QED) is 0.628. The summed E-state index contributed by atoms with van der Waals surface area (Å²) >= 11 is 0. The van der Waals surface area contributed by atoms with Gasteiger partial charge in [0.1, 0.15) is 0 Å². The van der Waals surface area contributed by atoms with Crippen LogP contribution in [0.1, 0.15) is 16.8 Å². The maximum atomic E-state index is 4.32. The van der Waals surface area contributed by atoms with Gasteiger partial charge in [0.05, 0.1) is 0 Å². The van der Waals surface area contributed by atoms with Gasteiger partial charge in [-0.2, -0.15) is 0 Å². The molecule has 2 heteroatoms. The van der Waals surface area contributed by atoms with Crippen LogP contribution in [-0.4, -0.2) is 4.98 Å². The molecule has 0 saturated carbocycles. The summed E-state index contributed by atoms with van der Waals surface area (Å²) in [6.07, 6.45) is 4.06. The van der Waals surface area contributed by atoms with Gasteiger partial charge < -0.3 is 4.90 Å². The molecule has 0 amide bonds. The van der Waals surface area contributed by atoms with Crippen molar-refractivity contribution in [1.29, 1.82) is 0 Å². The molecule has 2 aromatic carbocycles. The first-order valence-electron chi connectivity index (χ1n) is 7.70. The van der Waals surface area contributed by atoms with Crippen LogP contribution in [0.5, 0.6) is 0 Å². The largest absolute Gasteiger partial charge is 0.310 e. The van der Waals surface area contributed by atoms with E-state index in [2.05, 4.69) is 70.5 Å². The summed E-state index contributed by atoms with van der Waals surface area (Å²) in [6, 6.07) is 22.0. The fraction of sp³-hybridized carbons (Fsp3) is 0.150. The summed E-state index contributed by atoms with van der Waals surface area (Å²) in [5, 5.41) is 0. The Labute approximate surface area is 131 Å². The van der Waals surface area contributed by atoms with Crippen LogP contribution in [-0.2, 0) is 12.8 Å². The molecule has 0 unspecified atom stereocenters. The van der Waals surface area contributed by atoms with E-state index >= 15 is 0 Å². The number of hydrogen-bond acceptors (Lipinski definition) is 2. The van der Waals surface area contributed by atoms with Crippen molar-refractivity contribution in [2.45, 2.75) is 19.8 Å². The topological polar surface area (TPSA) is 16.1 Å². The van der Waals surface area contributed by atoms with Gasteiger partial charge in [-0.3, -0.25) is 4.98 Å². The molecule has 0 saturated heterocycles. The van der Waals surface area contributed by atoms with E-state index in [1.165, 1.54) is 22.5 Å². The highest BCUT2D eigenvalue weighted by Crippen LogP contribution is 2.35. The summed E-state index contributed by atoms with van der Waals surface area (Å²) in [5.74, 6) is 0. The number of rotatable bonds is 1. The molecule has 5 heterocycles. The van der Waals surface area contributed by atoms with Crippen molar-refractivity contribution in [2.75, 3.05) is 4.90 Å². The molecule has 0 N–H and O–H groups in total. The molecule has 0 atom stereocenters. The van der Waals surface area contributed by atoms with Crippen molar-refractivity contribution in [1.82, 2.24) is 4.98 Å². The molecule has 108 valence electrons. The average molecular weight is 286 g/mol. The molecule has 4 aliphatic heterocycles. The van der Waals surface area contributed by atoms with Crippen LogP contribution in [0, 0.1) is 6.92 Å². The van der Waals surface area contributed by atoms with E-state index in [-0.39, 0.29) is 0 Å². The number of nitrogens with zero attached hydrogens (tertiary/aromatic N) is 2. The molecule has 1 aromatic heterocycles. The molecule has 7 rings (SSSR count). The first-order valence-corrected chi connectivity index (χ1v) is 7.70. The standard InChI is InChI=1S/C20H18N2/c1-15-14-20(12-13-21-15)22-18-8-4-16(5-9-18)2-3-17-6-10-19(22)11-7-17/h4-14H,2-3H2,1H3. The highest BCUT2D eigenvalue weighted by Gasteiger charge is 2.13. The van der Waals surface area contributed by atoms with E-state index in [0.29, 0.717) is 0 Å². The number of aromatic nitrogens is 1. The van der Waals surface area contributed by atoms with E-state index < -0.39 is 0 Å². The van der Waals surface area contributed by atoms with Crippen molar-refractivity contribution < 1.29 is 0 Å². The Morgan fingerprint density at radius 1 is 0.727 bits per heavy atom. The molecule has 22 heavy (non-hydrogen) atoms. The summed E-state index contributed by atoms with van der Waals surface area (Å²) in [5.41, 5.74) is 7.32. The number of pyridine rings is 1. The van der Waals surface area contributed by atoms with Crippen molar-refractivity contribution >= 4 is 17.1 Å². The number of anilines is 3. The first-order chi connectivity index (χ1) is 10.8. The lowest BCUT2D eigenvalue weighted by molar-refractivity contribution is 0.962.